The number of benzene rings is 2. The van der Waals surface area contributed by atoms with Gasteiger partial charge < -0.3 is 48.0 Å². The van der Waals surface area contributed by atoms with Gasteiger partial charge in [0.15, 0.2) is 0 Å². The molecule has 4 unspecified atom stereocenters. The van der Waals surface area contributed by atoms with Gasteiger partial charge in [0.05, 0.1) is 49.6 Å². The standard InChI is InChI=1S/C46H54Cl2N4O10S2/c1-49(2)17-9-19-59-35-25-31(47)37(57-7)23-29(35)27-11-13-33-39(21-27)63-45(43(55)51(33)5)61-41(53)15-16-42(54)62-46-44(56)52(6)34-14-12-28(22-40(34)64-46)30-24-38(58-8)32(48)26-36(30)60-20-10-18-50(3)4/h11-16,21-24,31-32,45-46H,9-10,17-20,25-26H2,1-8H3/b16-15+. The van der Waals surface area contributed by atoms with Gasteiger partial charge in [-0.1, -0.05) is 35.7 Å². The number of ether oxygens (including phenoxy) is 6. The molecule has 0 saturated heterocycles. The summed E-state index contributed by atoms with van der Waals surface area (Å²) in [5.41, 5.74) is 1.99. The maximum Gasteiger partial charge on any atom is 0.332 e. The normalized spacial score (nSPS) is 21.2. The molecule has 0 saturated carbocycles. The Morgan fingerprint density at radius 1 is 0.688 bits per heavy atom. The highest BCUT2D eigenvalue weighted by Crippen LogP contribution is 2.44. The summed E-state index contributed by atoms with van der Waals surface area (Å²) in [5, 5.41) is -0.776. The first-order chi connectivity index (χ1) is 30.6. The van der Waals surface area contributed by atoms with E-state index in [4.69, 9.17) is 51.6 Å². The third-order valence-electron chi connectivity index (χ3n) is 10.6. The first-order valence-electron chi connectivity index (χ1n) is 20.7. The Labute approximate surface area is 393 Å². The Morgan fingerprint density at radius 3 is 1.44 bits per heavy atom. The number of carbonyl (C=O) groups is 4. The maximum absolute atomic E-state index is 13.4. The Bertz CT molecular complexity index is 2120. The molecule has 0 aromatic heterocycles. The van der Waals surface area contributed by atoms with Crippen molar-refractivity contribution in [3.8, 4) is 0 Å². The summed E-state index contributed by atoms with van der Waals surface area (Å²) in [5.74, 6) is -0.152. The van der Waals surface area contributed by atoms with E-state index < -0.39 is 34.6 Å². The van der Waals surface area contributed by atoms with Crippen LogP contribution in [0.4, 0.5) is 11.4 Å². The van der Waals surface area contributed by atoms with E-state index in [1.807, 2.05) is 76.7 Å². The summed E-state index contributed by atoms with van der Waals surface area (Å²) in [7, 11) is 14.4. The van der Waals surface area contributed by atoms with Gasteiger partial charge in [0, 0.05) is 73.1 Å². The van der Waals surface area contributed by atoms with Crippen LogP contribution >= 0.6 is 46.7 Å². The zero-order valence-corrected chi connectivity index (χ0v) is 40.3. The summed E-state index contributed by atoms with van der Waals surface area (Å²) in [4.78, 5) is 61.3. The molecule has 18 heteroatoms. The van der Waals surface area contributed by atoms with E-state index in [0.717, 1.165) is 95.4 Å². The molecule has 0 N–H and O–H groups in total. The predicted octanol–water partition coefficient (Wildman–Crippen LogP) is 7.26. The second-order valence-corrected chi connectivity index (χ2v) is 19.1. The number of esters is 2. The van der Waals surface area contributed by atoms with Gasteiger partial charge in [-0.25, -0.2) is 9.59 Å². The van der Waals surface area contributed by atoms with Gasteiger partial charge in [-0.15, -0.1) is 23.2 Å². The van der Waals surface area contributed by atoms with E-state index in [0.29, 0.717) is 58.7 Å². The molecule has 0 fully saturated rings. The number of hydrogen-bond donors (Lipinski definition) is 0. The topological polar surface area (TPSA) is 137 Å². The number of amides is 2. The molecule has 4 aliphatic rings. The molecular weight excluding hydrogens is 904 g/mol. The molecule has 64 heavy (non-hydrogen) atoms. The first kappa shape index (κ1) is 48.9. The zero-order valence-electron chi connectivity index (χ0n) is 37.2. The average molecular weight is 958 g/mol. The highest BCUT2D eigenvalue weighted by Gasteiger charge is 2.37. The lowest BCUT2D eigenvalue weighted by Crippen LogP contribution is -2.40. The van der Waals surface area contributed by atoms with Gasteiger partial charge in [-0.3, -0.25) is 9.59 Å². The maximum atomic E-state index is 13.4. The fourth-order valence-corrected chi connectivity index (χ4v) is 10.1. The van der Waals surface area contributed by atoms with Gasteiger partial charge >= 0.3 is 11.9 Å². The molecule has 14 nitrogen and oxygen atoms in total. The van der Waals surface area contributed by atoms with Gasteiger partial charge in [-0.05, 0) is 88.6 Å². The number of nitrogens with zero attached hydrogens (tertiary/aromatic N) is 4. The fourth-order valence-electron chi connectivity index (χ4n) is 7.23. The minimum absolute atomic E-state index is 0.388. The van der Waals surface area contributed by atoms with E-state index in [1.165, 1.54) is 9.80 Å². The lowest BCUT2D eigenvalue weighted by molar-refractivity contribution is -0.146. The largest absolute Gasteiger partial charge is 0.499 e. The van der Waals surface area contributed by atoms with E-state index in [-0.39, 0.29) is 10.8 Å². The SMILES string of the molecule is COC1=CC(c2ccc3c(c2)SC(OC(=O)/C=C/C(=O)OC2Sc4cc(C5=C(OCCCN(C)C)CC(Cl)C(OC)=C5)ccc4N(C)C2=O)C(=O)N3C)=C(OCCCN(C)C)CC1Cl. The van der Waals surface area contributed by atoms with Crippen LogP contribution in [0.1, 0.15) is 36.8 Å². The molecule has 2 heterocycles. The predicted molar refractivity (Wildman–Crippen MR) is 251 cm³/mol. The fraction of sp³-hybridized carbons (Fsp3) is 0.435. The molecule has 0 radical (unpaired) electrons. The summed E-state index contributed by atoms with van der Waals surface area (Å²) < 4.78 is 34.8. The number of fused-ring (bicyclic) bond motifs is 2. The molecular formula is C46H54Cl2N4O10S2. The quantitative estimate of drug-likeness (QED) is 0.0642. The number of rotatable bonds is 18. The summed E-state index contributed by atoms with van der Waals surface area (Å²) in [6.07, 6.45) is 8.01. The molecule has 4 atom stereocenters. The van der Waals surface area contributed by atoms with Crippen LogP contribution in [0.2, 0.25) is 0 Å². The van der Waals surface area contributed by atoms with Crippen LogP contribution in [0.15, 0.2) is 93.5 Å². The van der Waals surface area contributed by atoms with Crippen LogP contribution in [0.3, 0.4) is 0 Å². The van der Waals surface area contributed by atoms with Crippen LogP contribution in [0.25, 0.3) is 11.1 Å². The van der Waals surface area contributed by atoms with Gasteiger partial charge in [0.1, 0.15) is 23.0 Å². The Morgan fingerprint density at radius 2 is 1.08 bits per heavy atom. The number of allylic oxidation sites excluding steroid dienone is 8. The first-order valence-corrected chi connectivity index (χ1v) is 23.3. The van der Waals surface area contributed by atoms with Crippen molar-refractivity contribution in [1.82, 2.24) is 9.80 Å². The number of hydrogen-bond acceptors (Lipinski definition) is 14. The average Bonchev–Trinajstić information content (AvgIpc) is 3.26. The minimum Gasteiger partial charge on any atom is -0.499 e. The Balaban J connectivity index is 1.12. The van der Waals surface area contributed by atoms with Crippen LogP contribution in [0, 0.1) is 0 Å². The Kier molecular flexibility index (Phi) is 16.9. The number of likely N-dealkylation sites (N-methyl/N-ethyl adjacent to an activating group) is 2. The van der Waals surface area contributed by atoms with Gasteiger partial charge in [-0.2, -0.15) is 0 Å². The van der Waals surface area contributed by atoms with Crippen molar-refractivity contribution in [1.29, 1.82) is 0 Å². The van der Waals surface area contributed by atoms with Gasteiger partial charge in [0.2, 0.25) is 10.9 Å². The van der Waals surface area contributed by atoms with Crippen LogP contribution in [0.5, 0.6) is 0 Å². The molecule has 2 aromatic rings. The van der Waals surface area contributed by atoms with Crippen molar-refractivity contribution in [3.63, 3.8) is 0 Å². The second kappa shape index (κ2) is 22.1. The second-order valence-electron chi connectivity index (χ2n) is 15.8. The lowest BCUT2D eigenvalue weighted by atomic mass is 9.96. The minimum atomic E-state index is -1.25. The molecule has 2 aliphatic carbocycles. The zero-order chi connectivity index (χ0) is 46.2. The van der Waals surface area contributed by atoms with Crippen molar-refractivity contribution in [3.05, 3.63) is 94.9 Å². The molecule has 2 aromatic carbocycles. The number of thioether (sulfide) groups is 2. The van der Waals surface area contributed by atoms with E-state index >= 15 is 0 Å². The summed E-state index contributed by atoms with van der Waals surface area (Å²) in [6, 6.07) is 11.2. The number of anilines is 2. The number of carbonyl (C=O) groups excluding carboxylic acids is 4. The van der Waals surface area contributed by atoms with Gasteiger partial charge in [0.25, 0.3) is 11.8 Å². The number of alkyl halides is 2. The van der Waals surface area contributed by atoms with E-state index in [2.05, 4.69) is 9.80 Å². The van der Waals surface area contributed by atoms with Crippen molar-refractivity contribution >= 4 is 93.0 Å². The van der Waals surface area contributed by atoms with Crippen LogP contribution < -0.4 is 9.80 Å². The molecule has 2 amide bonds. The molecule has 6 rings (SSSR count). The molecule has 0 spiro atoms. The molecule has 344 valence electrons. The van der Waals surface area contributed by atoms with Crippen molar-refractivity contribution < 1.29 is 47.6 Å². The summed E-state index contributed by atoms with van der Waals surface area (Å²) >= 11 is 15.4. The third kappa shape index (κ3) is 11.8. The third-order valence-corrected chi connectivity index (χ3v) is 13.6. The van der Waals surface area contributed by atoms with Crippen LogP contribution in [-0.2, 0) is 47.6 Å². The Hall–Kier alpha value is -4.58. The smallest absolute Gasteiger partial charge is 0.332 e. The number of halogens is 2. The molecule has 0 bridgehead atoms. The monoisotopic (exact) mass is 956 g/mol. The van der Waals surface area contributed by atoms with Crippen molar-refractivity contribution in [2.24, 2.45) is 0 Å². The van der Waals surface area contributed by atoms with E-state index in [1.54, 1.807) is 28.3 Å². The summed E-state index contributed by atoms with van der Waals surface area (Å²) in [6.45, 7) is 2.75. The van der Waals surface area contributed by atoms with E-state index in [9.17, 15) is 19.2 Å². The highest BCUT2D eigenvalue weighted by molar-refractivity contribution is 8.01. The molecule has 2 aliphatic heterocycles. The highest BCUT2D eigenvalue weighted by atomic mass is 35.5. The van der Waals surface area contributed by atoms with Crippen molar-refractivity contribution in [2.75, 3.05) is 92.6 Å². The van der Waals surface area contributed by atoms with Crippen LogP contribution in [-0.4, -0.2) is 138 Å². The number of methoxy groups -OCH3 is 2. The van der Waals surface area contributed by atoms with Crippen molar-refractivity contribution in [2.45, 2.75) is 57.1 Å². The lowest BCUT2D eigenvalue weighted by Gasteiger charge is -2.31.